The zero-order valence-electron chi connectivity index (χ0n) is 9.49. The van der Waals surface area contributed by atoms with Crippen LogP contribution in [0.1, 0.15) is 18.9 Å². The number of rotatable bonds is 4. The summed E-state index contributed by atoms with van der Waals surface area (Å²) in [6, 6.07) is 4.67. The Morgan fingerprint density at radius 1 is 1.22 bits per heavy atom. The van der Waals surface area contributed by atoms with Crippen molar-refractivity contribution in [2.24, 2.45) is 0 Å². The molecular formula is C11H11F3O3S. The van der Waals surface area contributed by atoms with E-state index in [2.05, 4.69) is 0 Å². The van der Waals surface area contributed by atoms with Crippen LogP contribution in [0.5, 0.6) is 0 Å². The number of ketones is 1. The number of benzene rings is 1. The van der Waals surface area contributed by atoms with Crippen molar-refractivity contribution in [3.63, 3.8) is 0 Å². The summed E-state index contributed by atoms with van der Waals surface area (Å²) in [5.41, 5.74) is -5.49. The average Bonchev–Trinajstić information content (AvgIpc) is 2.28. The van der Waals surface area contributed by atoms with Crippen LogP contribution in [-0.4, -0.2) is 19.7 Å². The maximum atomic E-state index is 12.4. The molecular weight excluding hydrogens is 269 g/mol. The zero-order chi connectivity index (χ0) is 14.0. The summed E-state index contributed by atoms with van der Waals surface area (Å²) in [6.07, 6.45) is -0.178. The average molecular weight is 280 g/mol. The molecule has 0 radical (unpaired) electrons. The number of hydrogen-bond acceptors (Lipinski definition) is 3. The summed E-state index contributed by atoms with van der Waals surface area (Å²) < 4.78 is 60.0. The molecule has 0 atom stereocenters. The Kier molecular flexibility index (Phi) is 4.16. The molecule has 0 unspecified atom stereocenters. The first-order chi connectivity index (χ1) is 8.20. The van der Waals surface area contributed by atoms with E-state index < -0.39 is 20.2 Å². The quantitative estimate of drug-likeness (QED) is 0.851. The molecule has 1 aromatic carbocycles. The number of hydrogen-bond donors (Lipinski definition) is 0. The van der Waals surface area contributed by atoms with Crippen LogP contribution in [0.3, 0.4) is 0 Å². The summed E-state index contributed by atoms with van der Waals surface area (Å²) in [5.74, 6) is -0.320. The highest BCUT2D eigenvalue weighted by atomic mass is 32.2. The molecule has 0 bridgehead atoms. The Morgan fingerprint density at radius 2 is 1.78 bits per heavy atom. The fourth-order valence-electron chi connectivity index (χ4n) is 1.37. The second-order valence-corrected chi connectivity index (χ2v) is 5.54. The monoisotopic (exact) mass is 280 g/mol. The Balaban J connectivity index is 3.31. The number of carbonyl (C=O) groups excluding carboxylic acids is 1. The van der Waals surface area contributed by atoms with Crippen molar-refractivity contribution in [3.8, 4) is 0 Å². The van der Waals surface area contributed by atoms with E-state index in [0.29, 0.717) is 0 Å². The molecule has 1 rings (SSSR count). The normalized spacial score (nSPS) is 12.4. The molecule has 0 aliphatic rings. The molecule has 0 aromatic heterocycles. The predicted octanol–water partition coefficient (Wildman–Crippen LogP) is 2.50. The molecule has 3 nitrogen and oxygen atoms in total. The van der Waals surface area contributed by atoms with Gasteiger partial charge in [-0.1, -0.05) is 25.1 Å². The van der Waals surface area contributed by atoms with E-state index in [1.165, 1.54) is 18.2 Å². The Morgan fingerprint density at radius 3 is 2.28 bits per heavy atom. The first-order valence-corrected chi connectivity index (χ1v) is 6.59. The van der Waals surface area contributed by atoms with Gasteiger partial charge in [-0.05, 0) is 11.6 Å². The van der Waals surface area contributed by atoms with Gasteiger partial charge >= 0.3 is 5.51 Å². The minimum absolute atomic E-state index is 0.123. The van der Waals surface area contributed by atoms with Crippen molar-refractivity contribution in [2.75, 3.05) is 0 Å². The lowest BCUT2D eigenvalue weighted by Gasteiger charge is -2.11. The lowest BCUT2D eigenvalue weighted by atomic mass is 10.1. The van der Waals surface area contributed by atoms with Crippen LogP contribution >= 0.6 is 0 Å². The SMILES string of the molecule is CCC(=O)Cc1ccccc1S(=O)(=O)C(F)(F)F. The molecule has 0 heterocycles. The van der Waals surface area contributed by atoms with E-state index >= 15 is 0 Å². The standard InChI is InChI=1S/C11H11F3O3S/c1-2-9(15)7-8-5-3-4-6-10(8)18(16,17)11(12,13)14/h3-6H,2,7H2,1H3. The second-order valence-electron chi connectivity index (χ2n) is 3.63. The number of halogens is 3. The van der Waals surface area contributed by atoms with Gasteiger partial charge in [0.2, 0.25) is 0 Å². The van der Waals surface area contributed by atoms with Gasteiger partial charge in [0.05, 0.1) is 4.90 Å². The van der Waals surface area contributed by atoms with Crippen molar-refractivity contribution >= 4 is 15.6 Å². The summed E-state index contributed by atoms with van der Waals surface area (Å²) >= 11 is 0. The molecule has 100 valence electrons. The molecule has 0 aliphatic heterocycles. The maximum Gasteiger partial charge on any atom is 0.501 e. The molecule has 0 spiro atoms. The molecule has 1 aromatic rings. The van der Waals surface area contributed by atoms with Crippen molar-refractivity contribution in [2.45, 2.75) is 30.2 Å². The van der Waals surface area contributed by atoms with Gasteiger partial charge < -0.3 is 0 Å². The Hall–Kier alpha value is -1.37. The molecule has 0 aliphatic carbocycles. The van der Waals surface area contributed by atoms with Crippen LogP contribution in [0, 0.1) is 0 Å². The lowest BCUT2D eigenvalue weighted by molar-refractivity contribution is -0.118. The van der Waals surface area contributed by atoms with E-state index in [1.807, 2.05) is 0 Å². The minimum Gasteiger partial charge on any atom is -0.299 e. The highest BCUT2D eigenvalue weighted by Gasteiger charge is 2.47. The molecule has 0 N–H and O–H groups in total. The fourth-order valence-corrected chi connectivity index (χ4v) is 2.37. The topological polar surface area (TPSA) is 51.2 Å². The first-order valence-electron chi connectivity index (χ1n) is 5.11. The van der Waals surface area contributed by atoms with Gasteiger partial charge in [0.1, 0.15) is 5.78 Å². The molecule has 7 heteroatoms. The summed E-state index contributed by atoms with van der Waals surface area (Å²) in [7, 11) is -5.41. The fraction of sp³-hybridized carbons (Fsp3) is 0.364. The van der Waals surface area contributed by atoms with E-state index in [0.717, 1.165) is 6.07 Å². The van der Waals surface area contributed by atoms with E-state index in [9.17, 15) is 26.4 Å². The van der Waals surface area contributed by atoms with Crippen molar-refractivity contribution in [1.82, 2.24) is 0 Å². The minimum atomic E-state index is -5.41. The van der Waals surface area contributed by atoms with Gasteiger partial charge in [-0.25, -0.2) is 8.42 Å². The lowest BCUT2D eigenvalue weighted by Crippen LogP contribution is -2.24. The highest BCUT2D eigenvalue weighted by Crippen LogP contribution is 2.32. The Labute approximate surface area is 103 Å². The molecule has 0 amide bonds. The summed E-state index contributed by atoms with van der Waals surface area (Å²) in [5, 5.41) is 0. The van der Waals surface area contributed by atoms with Gasteiger partial charge in [0, 0.05) is 12.8 Å². The van der Waals surface area contributed by atoms with Crippen LogP contribution in [0.15, 0.2) is 29.2 Å². The van der Waals surface area contributed by atoms with Crippen molar-refractivity contribution < 1.29 is 26.4 Å². The van der Waals surface area contributed by atoms with Crippen molar-refractivity contribution in [1.29, 1.82) is 0 Å². The summed E-state index contributed by atoms with van der Waals surface area (Å²) in [6.45, 7) is 1.56. The van der Waals surface area contributed by atoms with Crippen LogP contribution in [0.4, 0.5) is 13.2 Å². The molecule has 18 heavy (non-hydrogen) atoms. The maximum absolute atomic E-state index is 12.4. The van der Waals surface area contributed by atoms with Gasteiger partial charge in [0.25, 0.3) is 9.84 Å². The van der Waals surface area contributed by atoms with Gasteiger partial charge in [-0.15, -0.1) is 0 Å². The summed E-state index contributed by atoms with van der Waals surface area (Å²) in [4.78, 5) is 10.4. The number of sulfone groups is 1. The molecule has 0 saturated heterocycles. The number of Topliss-reactive ketones (excluding diaryl/α,β-unsaturated/α-hetero) is 1. The van der Waals surface area contributed by atoms with Crippen LogP contribution in [-0.2, 0) is 21.1 Å². The third kappa shape index (κ3) is 2.90. The predicted molar refractivity (Wildman–Crippen MR) is 58.7 cm³/mol. The van der Waals surface area contributed by atoms with E-state index in [1.54, 1.807) is 6.92 Å². The third-order valence-corrected chi connectivity index (χ3v) is 3.94. The number of carbonyl (C=O) groups is 1. The smallest absolute Gasteiger partial charge is 0.299 e. The van der Waals surface area contributed by atoms with Crippen LogP contribution < -0.4 is 0 Å². The first kappa shape index (κ1) is 14.7. The van der Waals surface area contributed by atoms with E-state index in [4.69, 9.17) is 0 Å². The van der Waals surface area contributed by atoms with Gasteiger partial charge in [-0.2, -0.15) is 13.2 Å². The van der Waals surface area contributed by atoms with Crippen LogP contribution in [0.2, 0.25) is 0 Å². The molecule has 0 saturated carbocycles. The third-order valence-electron chi connectivity index (χ3n) is 2.35. The van der Waals surface area contributed by atoms with Gasteiger partial charge in [0.15, 0.2) is 0 Å². The zero-order valence-corrected chi connectivity index (χ0v) is 10.3. The van der Waals surface area contributed by atoms with E-state index in [-0.39, 0.29) is 24.2 Å². The highest BCUT2D eigenvalue weighted by molar-refractivity contribution is 7.92. The molecule has 0 fully saturated rings. The number of alkyl halides is 3. The van der Waals surface area contributed by atoms with Gasteiger partial charge in [-0.3, -0.25) is 4.79 Å². The largest absolute Gasteiger partial charge is 0.501 e. The van der Waals surface area contributed by atoms with Crippen LogP contribution in [0.25, 0.3) is 0 Å². The second kappa shape index (κ2) is 5.09. The van der Waals surface area contributed by atoms with Crippen molar-refractivity contribution in [3.05, 3.63) is 29.8 Å². The Bertz CT molecular complexity index is 547.